The fourth-order valence-electron chi connectivity index (χ4n) is 0.971. The van der Waals surface area contributed by atoms with Crippen LogP contribution < -0.4 is 5.32 Å². The van der Waals surface area contributed by atoms with Crippen molar-refractivity contribution in [2.45, 2.75) is 6.92 Å². The number of aromatic amines is 1. The molecule has 0 aliphatic heterocycles. The molecule has 0 unspecified atom stereocenters. The number of hydrogen-bond acceptors (Lipinski definition) is 6. The molecule has 0 saturated heterocycles. The second-order valence-electron chi connectivity index (χ2n) is 2.81. The molecule has 7 nitrogen and oxygen atoms in total. The maximum absolute atomic E-state index is 11.2. The summed E-state index contributed by atoms with van der Waals surface area (Å²) in [5.74, 6) is -0.412. The van der Waals surface area contributed by atoms with Crippen LogP contribution in [0.3, 0.4) is 0 Å². The molecule has 17 heavy (non-hydrogen) atoms. The van der Waals surface area contributed by atoms with Gasteiger partial charge >= 0.3 is 5.97 Å². The van der Waals surface area contributed by atoms with Crippen molar-refractivity contribution in [1.29, 1.82) is 10.5 Å². The number of hydrogen-bond donors (Lipinski definition) is 2. The second kappa shape index (κ2) is 5.93. The highest BCUT2D eigenvalue weighted by molar-refractivity contribution is 5.93. The molecular weight excluding hydrogens is 222 g/mol. The lowest BCUT2D eigenvalue weighted by Gasteiger charge is -2.00. The van der Waals surface area contributed by atoms with Gasteiger partial charge in [0, 0.05) is 6.20 Å². The van der Waals surface area contributed by atoms with Gasteiger partial charge in [-0.15, -0.1) is 0 Å². The van der Waals surface area contributed by atoms with E-state index in [-0.39, 0.29) is 17.7 Å². The summed E-state index contributed by atoms with van der Waals surface area (Å²) in [7, 11) is 0. The zero-order valence-corrected chi connectivity index (χ0v) is 9.02. The molecule has 1 aromatic rings. The zero-order valence-electron chi connectivity index (χ0n) is 9.02. The average molecular weight is 231 g/mol. The summed E-state index contributed by atoms with van der Waals surface area (Å²) in [5.41, 5.74) is 0.0905. The van der Waals surface area contributed by atoms with E-state index >= 15 is 0 Å². The van der Waals surface area contributed by atoms with Crippen LogP contribution in [0.25, 0.3) is 0 Å². The van der Waals surface area contributed by atoms with Crippen LogP contribution in [0.5, 0.6) is 0 Å². The van der Waals surface area contributed by atoms with Gasteiger partial charge in [0.05, 0.1) is 12.8 Å². The smallest absolute Gasteiger partial charge is 0.350 e. The van der Waals surface area contributed by atoms with E-state index in [1.165, 1.54) is 6.20 Å². The van der Waals surface area contributed by atoms with Crippen LogP contribution in [0.4, 0.5) is 5.82 Å². The number of ether oxygens (including phenoxy) is 1. The molecule has 0 aromatic carbocycles. The second-order valence-corrected chi connectivity index (χ2v) is 2.81. The van der Waals surface area contributed by atoms with Gasteiger partial charge in [-0.2, -0.15) is 15.6 Å². The SMILES string of the molecule is CCOC(=O)/C(C#N)=C\Nc1[nH]ncc1C#N. The predicted molar refractivity (Wildman–Crippen MR) is 57.3 cm³/mol. The molecule has 0 aliphatic rings. The minimum absolute atomic E-state index is 0.186. The maximum atomic E-state index is 11.2. The Labute approximate surface area is 97.3 Å². The van der Waals surface area contributed by atoms with E-state index in [1.807, 2.05) is 6.07 Å². The topological polar surface area (TPSA) is 115 Å². The summed E-state index contributed by atoms with van der Waals surface area (Å²) >= 11 is 0. The first-order chi connectivity index (χ1) is 8.22. The fourth-order valence-corrected chi connectivity index (χ4v) is 0.971. The molecule has 0 saturated carbocycles. The van der Waals surface area contributed by atoms with Gasteiger partial charge in [-0.05, 0) is 6.92 Å². The van der Waals surface area contributed by atoms with Gasteiger partial charge < -0.3 is 10.1 Å². The van der Waals surface area contributed by atoms with Crippen molar-refractivity contribution in [1.82, 2.24) is 10.2 Å². The lowest BCUT2D eigenvalue weighted by Crippen LogP contribution is -2.08. The molecule has 0 spiro atoms. The van der Waals surface area contributed by atoms with E-state index in [4.69, 9.17) is 10.5 Å². The van der Waals surface area contributed by atoms with Crippen molar-refractivity contribution < 1.29 is 9.53 Å². The van der Waals surface area contributed by atoms with E-state index in [0.717, 1.165) is 6.20 Å². The molecule has 1 heterocycles. The van der Waals surface area contributed by atoms with E-state index < -0.39 is 5.97 Å². The Morgan fingerprint density at radius 2 is 2.47 bits per heavy atom. The van der Waals surface area contributed by atoms with Crippen LogP contribution in [-0.2, 0) is 9.53 Å². The lowest BCUT2D eigenvalue weighted by atomic mass is 10.3. The standard InChI is InChI=1S/C10H9N5O2/c1-2-17-10(16)8(4-12)5-13-9-7(3-11)6-14-15-9/h5-6H,2H2,1H3,(H2,13,14,15)/b8-5-. The minimum atomic E-state index is -0.722. The van der Waals surface area contributed by atoms with E-state index in [0.29, 0.717) is 5.82 Å². The van der Waals surface area contributed by atoms with Crippen molar-refractivity contribution >= 4 is 11.8 Å². The van der Waals surface area contributed by atoms with Crippen LogP contribution in [-0.4, -0.2) is 22.8 Å². The highest BCUT2D eigenvalue weighted by atomic mass is 16.5. The van der Waals surface area contributed by atoms with E-state index in [1.54, 1.807) is 13.0 Å². The van der Waals surface area contributed by atoms with Gasteiger partial charge in [0.25, 0.3) is 0 Å². The number of nitrogens with zero attached hydrogens (tertiary/aromatic N) is 3. The van der Waals surface area contributed by atoms with Crippen LogP contribution >= 0.6 is 0 Å². The third kappa shape index (κ3) is 3.08. The molecule has 1 rings (SSSR count). The highest BCUT2D eigenvalue weighted by Gasteiger charge is 2.10. The number of nitriles is 2. The summed E-state index contributed by atoms with van der Waals surface area (Å²) in [5, 5.41) is 26.2. The zero-order chi connectivity index (χ0) is 12.7. The Morgan fingerprint density at radius 1 is 1.71 bits per heavy atom. The van der Waals surface area contributed by atoms with Gasteiger partial charge in [-0.1, -0.05) is 0 Å². The summed E-state index contributed by atoms with van der Waals surface area (Å²) < 4.78 is 4.66. The third-order valence-corrected chi connectivity index (χ3v) is 1.74. The number of carbonyl (C=O) groups excluding carboxylic acids is 1. The normalized spacial score (nSPS) is 10.2. The summed E-state index contributed by atoms with van der Waals surface area (Å²) in [4.78, 5) is 11.2. The monoisotopic (exact) mass is 231 g/mol. The molecule has 0 amide bonds. The van der Waals surface area contributed by atoms with Crippen LogP contribution in [0.1, 0.15) is 12.5 Å². The van der Waals surface area contributed by atoms with E-state index in [9.17, 15) is 4.79 Å². The molecule has 86 valence electrons. The van der Waals surface area contributed by atoms with Crippen LogP contribution in [0.15, 0.2) is 18.0 Å². The lowest BCUT2D eigenvalue weighted by molar-refractivity contribution is -0.138. The van der Waals surface area contributed by atoms with Gasteiger partial charge in [0.2, 0.25) is 0 Å². The first kappa shape index (κ1) is 12.3. The molecule has 2 N–H and O–H groups in total. The quantitative estimate of drug-likeness (QED) is 0.447. The summed E-state index contributed by atoms with van der Waals surface area (Å²) in [6.45, 7) is 1.83. The van der Waals surface area contributed by atoms with Crippen LogP contribution in [0, 0.1) is 22.7 Å². The molecular formula is C10H9N5O2. The largest absolute Gasteiger partial charge is 0.462 e. The van der Waals surface area contributed by atoms with Crippen molar-refractivity contribution in [3.05, 3.63) is 23.5 Å². The molecule has 0 atom stereocenters. The molecule has 0 fully saturated rings. The molecule has 0 radical (unpaired) electrons. The summed E-state index contributed by atoms with van der Waals surface area (Å²) in [6.07, 6.45) is 2.49. The third-order valence-electron chi connectivity index (χ3n) is 1.74. The van der Waals surface area contributed by atoms with E-state index in [2.05, 4.69) is 20.3 Å². The van der Waals surface area contributed by atoms with Gasteiger partial charge in [0.15, 0.2) is 5.57 Å². The van der Waals surface area contributed by atoms with Crippen molar-refractivity contribution in [2.75, 3.05) is 11.9 Å². The maximum Gasteiger partial charge on any atom is 0.350 e. The number of H-pyrrole nitrogens is 1. The molecule has 0 bridgehead atoms. The Morgan fingerprint density at radius 3 is 3.06 bits per heavy atom. The Balaban J connectivity index is 2.79. The van der Waals surface area contributed by atoms with Gasteiger partial charge in [-0.3, -0.25) is 5.10 Å². The average Bonchev–Trinajstić information content (AvgIpc) is 2.77. The summed E-state index contributed by atoms with van der Waals surface area (Å²) in [6, 6.07) is 3.58. The van der Waals surface area contributed by atoms with Crippen molar-refractivity contribution in [3.8, 4) is 12.1 Å². The van der Waals surface area contributed by atoms with Crippen molar-refractivity contribution in [2.24, 2.45) is 0 Å². The van der Waals surface area contributed by atoms with Gasteiger partial charge in [0.1, 0.15) is 23.5 Å². The fraction of sp³-hybridized carbons (Fsp3) is 0.200. The number of rotatable bonds is 4. The number of carbonyl (C=O) groups is 1. The number of anilines is 1. The minimum Gasteiger partial charge on any atom is -0.462 e. The molecule has 7 heteroatoms. The van der Waals surface area contributed by atoms with Crippen LogP contribution in [0.2, 0.25) is 0 Å². The first-order valence-electron chi connectivity index (χ1n) is 4.70. The Hall–Kier alpha value is -2.80. The number of aromatic nitrogens is 2. The Kier molecular flexibility index (Phi) is 4.28. The Bertz CT molecular complexity index is 518. The predicted octanol–water partition coefficient (Wildman–Crippen LogP) is 0.664. The molecule has 1 aromatic heterocycles. The number of esters is 1. The van der Waals surface area contributed by atoms with Crippen molar-refractivity contribution in [3.63, 3.8) is 0 Å². The highest BCUT2D eigenvalue weighted by Crippen LogP contribution is 2.09. The molecule has 0 aliphatic carbocycles. The first-order valence-corrected chi connectivity index (χ1v) is 4.70. The number of nitrogens with one attached hydrogen (secondary N) is 2. The van der Waals surface area contributed by atoms with Gasteiger partial charge in [-0.25, -0.2) is 4.79 Å².